The number of rotatable bonds is 12. The van der Waals surface area contributed by atoms with Crippen LogP contribution < -0.4 is 9.64 Å². The summed E-state index contributed by atoms with van der Waals surface area (Å²) in [6, 6.07) is 6.43. The molecule has 200 valence electrons. The largest absolute Gasteiger partial charge is 0.497 e. The number of anilines is 1. The van der Waals surface area contributed by atoms with Crippen molar-refractivity contribution in [1.82, 2.24) is 4.90 Å². The number of amides is 2. The Hall–Kier alpha value is -2.30. The van der Waals surface area contributed by atoms with Crippen LogP contribution in [0.2, 0.25) is 0 Å². The lowest BCUT2D eigenvalue weighted by Gasteiger charge is -2.37. The number of halogens is 1. The van der Waals surface area contributed by atoms with E-state index in [1.165, 1.54) is 6.08 Å². The Morgan fingerprint density at radius 3 is 2.62 bits per heavy atom. The summed E-state index contributed by atoms with van der Waals surface area (Å²) < 4.78 is 9.92. The van der Waals surface area contributed by atoms with Gasteiger partial charge in [-0.15, -0.1) is 18.3 Å². The number of unbranched alkanes of at least 4 members (excludes halogenated alkanes) is 1. The molecule has 2 bridgehead atoms. The predicted molar refractivity (Wildman–Crippen MR) is 147 cm³/mol. The first-order valence-electron chi connectivity index (χ1n) is 12.4. The number of methoxy groups -OCH3 is 1. The Morgan fingerprint density at radius 1 is 1.27 bits per heavy atom. The van der Waals surface area contributed by atoms with Crippen LogP contribution in [0.4, 0.5) is 5.69 Å². The zero-order valence-electron chi connectivity index (χ0n) is 20.9. The summed E-state index contributed by atoms with van der Waals surface area (Å²) in [7, 11) is 1.58. The Bertz CT molecular complexity index is 1050. The summed E-state index contributed by atoms with van der Waals surface area (Å²) in [6.07, 6.45) is 4.81. The van der Waals surface area contributed by atoms with E-state index in [1.54, 1.807) is 46.9 Å². The first-order chi connectivity index (χ1) is 17.8. The van der Waals surface area contributed by atoms with Gasteiger partial charge in [0.1, 0.15) is 18.4 Å². The van der Waals surface area contributed by atoms with E-state index in [2.05, 4.69) is 29.1 Å². The molecule has 10 heteroatoms. The Balaban J connectivity index is 1.75. The first-order valence-corrected chi connectivity index (χ1v) is 14.2. The van der Waals surface area contributed by atoms with Crippen LogP contribution in [0.1, 0.15) is 19.3 Å². The van der Waals surface area contributed by atoms with E-state index in [0.717, 1.165) is 0 Å². The van der Waals surface area contributed by atoms with Crippen LogP contribution >= 0.6 is 27.7 Å². The summed E-state index contributed by atoms with van der Waals surface area (Å²) in [6.45, 7) is 8.11. The number of thioether (sulfide) groups is 1. The van der Waals surface area contributed by atoms with Gasteiger partial charge in [-0.3, -0.25) is 14.4 Å². The Morgan fingerprint density at radius 2 is 2.00 bits per heavy atom. The highest BCUT2D eigenvalue weighted by atomic mass is 79.9. The fraction of sp³-hybridized carbons (Fsp3) is 0.519. The quantitative estimate of drug-likeness (QED) is 0.172. The summed E-state index contributed by atoms with van der Waals surface area (Å²) in [5.41, 5.74) is 0.670. The zero-order chi connectivity index (χ0) is 26.7. The molecule has 37 heavy (non-hydrogen) atoms. The number of carbonyl (C=O) groups is 3. The average Bonchev–Trinajstić information content (AvgIpc) is 3.49. The number of aliphatic hydroxyl groups is 1. The molecule has 3 aliphatic rings. The van der Waals surface area contributed by atoms with Crippen LogP contribution in [-0.2, 0) is 19.1 Å². The average molecular weight is 594 g/mol. The van der Waals surface area contributed by atoms with Gasteiger partial charge in [0.2, 0.25) is 5.91 Å². The molecule has 0 aliphatic carbocycles. The summed E-state index contributed by atoms with van der Waals surface area (Å²) >= 11 is 5.31. The lowest BCUT2D eigenvalue weighted by molar-refractivity contribution is -0.153. The monoisotopic (exact) mass is 592 g/mol. The van der Waals surface area contributed by atoms with E-state index in [4.69, 9.17) is 9.47 Å². The van der Waals surface area contributed by atoms with Gasteiger partial charge in [-0.25, -0.2) is 0 Å². The van der Waals surface area contributed by atoms with E-state index in [-0.39, 0.29) is 41.6 Å². The Labute approximate surface area is 230 Å². The van der Waals surface area contributed by atoms with E-state index < -0.39 is 28.6 Å². The van der Waals surface area contributed by atoms with Crippen LogP contribution in [-0.4, -0.2) is 82.1 Å². The molecule has 1 N–H and O–H groups in total. The summed E-state index contributed by atoms with van der Waals surface area (Å²) in [4.78, 5) is 44.8. The molecule has 3 fully saturated rings. The molecule has 0 aromatic heterocycles. The van der Waals surface area contributed by atoms with Gasteiger partial charge < -0.3 is 24.4 Å². The van der Waals surface area contributed by atoms with Gasteiger partial charge in [0.15, 0.2) is 0 Å². The van der Waals surface area contributed by atoms with Gasteiger partial charge >= 0.3 is 5.97 Å². The lowest BCUT2D eigenvalue weighted by Crippen LogP contribution is -2.55. The molecule has 3 saturated heterocycles. The van der Waals surface area contributed by atoms with Crippen molar-refractivity contribution in [2.45, 2.75) is 40.1 Å². The third-order valence-corrected chi connectivity index (χ3v) is 10.6. The van der Waals surface area contributed by atoms with Crippen molar-refractivity contribution in [1.29, 1.82) is 0 Å². The Kier molecular flexibility index (Phi) is 8.70. The maximum absolute atomic E-state index is 14.4. The van der Waals surface area contributed by atoms with Gasteiger partial charge in [-0.1, -0.05) is 34.7 Å². The number of alkyl halides is 1. The van der Waals surface area contributed by atoms with Crippen LogP contribution in [0.25, 0.3) is 0 Å². The van der Waals surface area contributed by atoms with Crippen molar-refractivity contribution < 1.29 is 29.0 Å². The fourth-order valence-electron chi connectivity index (χ4n) is 5.91. The molecule has 3 unspecified atom stereocenters. The van der Waals surface area contributed by atoms with Crippen molar-refractivity contribution in [3.63, 3.8) is 0 Å². The van der Waals surface area contributed by atoms with Crippen LogP contribution in [0.5, 0.6) is 5.75 Å². The number of esters is 1. The molecule has 1 aromatic rings. The molecule has 8 nitrogen and oxygen atoms in total. The van der Waals surface area contributed by atoms with E-state index in [9.17, 15) is 19.5 Å². The minimum atomic E-state index is -0.768. The fourth-order valence-corrected chi connectivity index (χ4v) is 9.51. The number of nitrogens with zero attached hydrogens (tertiary/aromatic N) is 2. The first kappa shape index (κ1) is 27.7. The van der Waals surface area contributed by atoms with Crippen molar-refractivity contribution in [3.05, 3.63) is 49.6 Å². The van der Waals surface area contributed by atoms with E-state index >= 15 is 0 Å². The molecule has 1 spiro atoms. The highest BCUT2D eigenvalue weighted by Crippen LogP contribution is 2.68. The standard InChI is InChI=1S/C27H33BrN2O6S/c1-4-12-29(17-8-10-18(35-3)11-9-17)25(33)23-27-16-19(28)22(37-27)20(26(34)36-15-5-2)21(27)24(32)30(23)13-6-7-14-31/h4-5,8-11,19-23,31H,1-2,6-7,12-16H2,3H3/t19?,20-,21-,22-,23?,27?/m0/s1. The number of likely N-dealkylation sites (tertiary alicyclic amines) is 1. The van der Waals surface area contributed by atoms with Gasteiger partial charge in [0.05, 0.1) is 23.7 Å². The third-order valence-electron chi connectivity index (χ3n) is 7.41. The molecule has 1 aromatic carbocycles. The maximum Gasteiger partial charge on any atom is 0.311 e. The molecule has 2 amide bonds. The molecule has 0 saturated carbocycles. The maximum atomic E-state index is 14.4. The number of hydrogen-bond donors (Lipinski definition) is 1. The van der Waals surface area contributed by atoms with Gasteiger partial charge in [-0.2, -0.15) is 0 Å². The minimum absolute atomic E-state index is 0.000451. The van der Waals surface area contributed by atoms with Crippen molar-refractivity contribution in [2.75, 3.05) is 38.3 Å². The molecule has 3 aliphatic heterocycles. The van der Waals surface area contributed by atoms with E-state index in [0.29, 0.717) is 37.2 Å². The number of carbonyl (C=O) groups excluding carboxylic acids is 3. The van der Waals surface area contributed by atoms with Crippen LogP contribution in [0.3, 0.4) is 0 Å². The van der Waals surface area contributed by atoms with Gasteiger partial charge in [0.25, 0.3) is 5.91 Å². The summed E-state index contributed by atoms with van der Waals surface area (Å²) in [5, 5.41) is 9.18. The molecule has 4 rings (SSSR count). The topological polar surface area (TPSA) is 96.4 Å². The van der Waals surface area contributed by atoms with Crippen LogP contribution in [0, 0.1) is 11.8 Å². The lowest BCUT2D eigenvalue weighted by atomic mass is 9.71. The number of aliphatic hydroxyl groups excluding tert-OH is 1. The number of benzene rings is 1. The second kappa shape index (κ2) is 11.6. The van der Waals surface area contributed by atoms with Crippen LogP contribution in [0.15, 0.2) is 49.6 Å². The molecular weight excluding hydrogens is 560 g/mol. The second-order valence-electron chi connectivity index (χ2n) is 9.48. The number of ether oxygens (including phenoxy) is 2. The van der Waals surface area contributed by atoms with Gasteiger partial charge in [0, 0.05) is 35.5 Å². The highest BCUT2D eigenvalue weighted by molar-refractivity contribution is 9.09. The second-order valence-corrected chi connectivity index (χ2v) is 12.2. The third kappa shape index (κ3) is 4.83. The summed E-state index contributed by atoms with van der Waals surface area (Å²) in [5.74, 6) is -1.47. The molecular formula is C27H33BrN2O6S. The highest BCUT2D eigenvalue weighted by Gasteiger charge is 2.76. The van der Waals surface area contributed by atoms with Crippen molar-refractivity contribution in [2.24, 2.45) is 11.8 Å². The van der Waals surface area contributed by atoms with Crippen molar-refractivity contribution in [3.8, 4) is 5.75 Å². The number of fused-ring (bicyclic) bond motifs is 1. The van der Waals surface area contributed by atoms with Gasteiger partial charge in [-0.05, 0) is 43.5 Å². The van der Waals surface area contributed by atoms with Crippen molar-refractivity contribution >= 4 is 51.2 Å². The SMILES string of the molecule is C=CCOC(=O)[C@H]1[C@H]2C(=O)N(CCCCO)C(C(=O)N(CC=C)c3ccc(OC)cc3)C23CC(Br)[C@@H]1S3. The number of hydrogen-bond acceptors (Lipinski definition) is 7. The minimum Gasteiger partial charge on any atom is -0.497 e. The van der Waals surface area contributed by atoms with E-state index in [1.807, 2.05) is 12.1 Å². The predicted octanol–water partition coefficient (Wildman–Crippen LogP) is 3.18. The molecule has 3 heterocycles. The molecule has 6 atom stereocenters. The smallest absolute Gasteiger partial charge is 0.311 e. The molecule has 0 radical (unpaired) electrons. The normalized spacial score (nSPS) is 29.6. The zero-order valence-corrected chi connectivity index (χ0v) is 23.3.